The fourth-order valence-electron chi connectivity index (χ4n) is 2.37. The number of carbonyl (C=O) groups excluding carboxylic acids is 1. The molecule has 21 heavy (non-hydrogen) atoms. The number of halogens is 1. The van der Waals surface area contributed by atoms with Gasteiger partial charge in [-0.2, -0.15) is 0 Å². The van der Waals surface area contributed by atoms with E-state index in [-0.39, 0.29) is 11.9 Å². The first kappa shape index (κ1) is 15.6. The minimum Gasteiger partial charge on any atom is -0.444 e. The monoisotopic (exact) mass is 294 g/mol. The maximum absolute atomic E-state index is 13.5. The average Bonchev–Trinajstić information content (AvgIpc) is 2.35. The number of aryl methyl sites for hydroxylation is 1. The highest BCUT2D eigenvalue weighted by atomic mass is 19.1. The fraction of sp³-hybridized carbons (Fsp3) is 0.562. The van der Waals surface area contributed by atoms with Crippen molar-refractivity contribution in [2.45, 2.75) is 33.3 Å². The molecule has 0 saturated carbocycles. The van der Waals surface area contributed by atoms with Crippen LogP contribution in [0.3, 0.4) is 0 Å². The van der Waals surface area contributed by atoms with Gasteiger partial charge in [0.2, 0.25) is 0 Å². The minimum atomic E-state index is -0.478. The lowest BCUT2D eigenvalue weighted by molar-refractivity contribution is 0.0240. The van der Waals surface area contributed by atoms with E-state index in [4.69, 9.17) is 4.74 Å². The number of hydrogen-bond donors (Lipinski definition) is 0. The first-order valence-electron chi connectivity index (χ1n) is 7.25. The molecule has 1 aliphatic rings. The van der Waals surface area contributed by atoms with Crippen molar-refractivity contribution in [1.82, 2.24) is 4.90 Å². The highest BCUT2D eigenvalue weighted by molar-refractivity contribution is 5.68. The second kappa shape index (κ2) is 5.92. The molecule has 0 bridgehead atoms. The molecule has 0 unspecified atom stereocenters. The van der Waals surface area contributed by atoms with Gasteiger partial charge in [-0.15, -0.1) is 0 Å². The van der Waals surface area contributed by atoms with Crippen molar-refractivity contribution in [2.75, 3.05) is 31.1 Å². The fourth-order valence-corrected chi connectivity index (χ4v) is 2.37. The van der Waals surface area contributed by atoms with Crippen LogP contribution < -0.4 is 4.90 Å². The molecular formula is C16H23FN2O2. The Morgan fingerprint density at radius 3 is 2.29 bits per heavy atom. The second-order valence-electron chi connectivity index (χ2n) is 6.44. The zero-order valence-electron chi connectivity index (χ0n) is 13.1. The van der Waals surface area contributed by atoms with Crippen molar-refractivity contribution in [3.8, 4) is 0 Å². The number of ether oxygens (including phenoxy) is 1. The molecule has 1 fully saturated rings. The molecular weight excluding hydrogens is 271 g/mol. The molecule has 0 spiro atoms. The minimum absolute atomic E-state index is 0.223. The summed E-state index contributed by atoms with van der Waals surface area (Å²) in [5, 5.41) is 0. The smallest absolute Gasteiger partial charge is 0.410 e. The third-order valence-electron chi connectivity index (χ3n) is 3.32. The summed E-state index contributed by atoms with van der Waals surface area (Å²) in [5.41, 5.74) is 1.30. The predicted molar refractivity (Wildman–Crippen MR) is 81.2 cm³/mol. The van der Waals surface area contributed by atoms with Crippen LogP contribution in [0.15, 0.2) is 18.2 Å². The van der Waals surface area contributed by atoms with Gasteiger partial charge in [-0.3, -0.25) is 0 Å². The van der Waals surface area contributed by atoms with E-state index in [0.29, 0.717) is 26.2 Å². The molecule has 0 aliphatic carbocycles. The van der Waals surface area contributed by atoms with Gasteiger partial charge >= 0.3 is 6.09 Å². The van der Waals surface area contributed by atoms with Crippen molar-refractivity contribution < 1.29 is 13.9 Å². The van der Waals surface area contributed by atoms with E-state index in [1.165, 1.54) is 12.1 Å². The van der Waals surface area contributed by atoms with Crippen molar-refractivity contribution in [2.24, 2.45) is 0 Å². The molecule has 1 heterocycles. The summed E-state index contributed by atoms with van der Waals surface area (Å²) in [5.74, 6) is -0.223. The van der Waals surface area contributed by atoms with E-state index in [1.807, 2.05) is 33.8 Å². The quantitative estimate of drug-likeness (QED) is 0.797. The van der Waals surface area contributed by atoms with Gasteiger partial charge in [0.1, 0.15) is 11.4 Å². The second-order valence-corrected chi connectivity index (χ2v) is 6.44. The van der Waals surface area contributed by atoms with Gasteiger partial charge in [0.15, 0.2) is 0 Å². The normalized spacial score (nSPS) is 16.0. The van der Waals surface area contributed by atoms with Gasteiger partial charge < -0.3 is 14.5 Å². The largest absolute Gasteiger partial charge is 0.444 e. The summed E-state index contributed by atoms with van der Waals surface area (Å²) in [4.78, 5) is 15.8. The average molecular weight is 294 g/mol. The number of amides is 1. The topological polar surface area (TPSA) is 32.8 Å². The highest BCUT2D eigenvalue weighted by Crippen LogP contribution is 2.20. The summed E-state index contributed by atoms with van der Waals surface area (Å²) in [6.45, 7) is 9.99. The lowest BCUT2D eigenvalue weighted by atomic mass is 10.2. The van der Waals surface area contributed by atoms with Crippen LogP contribution in [0, 0.1) is 12.7 Å². The van der Waals surface area contributed by atoms with Crippen LogP contribution in [0.4, 0.5) is 14.9 Å². The summed E-state index contributed by atoms with van der Waals surface area (Å²) in [6.07, 6.45) is -0.280. The Morgan fingerprint density at radius 2 is 1.76 bits per heavy atom. The zero-order valence-corrected chi connectivity index (χ0v) is 13.1. The van der Waals surface area contributed by atoms with Crippen molar-refractivity contribution >= 4 is 11.8 Å². The molecule has 1 aromatic rings. The zero-order chi connectivity index (χ0) is 15.6. The van der Waals surface area contributed by atoms with Crippen LogP contribution in [0.1, 0.15) is 26.3 Å². The molecule has 116 valence electrons. The van der Waals surface area contributed by atoms with Crippen LogP contribution in [-0.2, 0) is 4.74 Å². The number of anilines is 1. The van der Waals surface area contributed by atoms with E-state index in [2.05, 4.69) is 4.90 Å². The van der Waals surface area contributed by atoms with Crippen LogP contribution in [0.2, 0.25) is 0 Å². The number of rotatable bonds is 1. The van der Waals surface area contributed by atoms with E-state index in [9.17, 15) is 9.18 Å². The van der Waals surface area contributed by atoms with Crippen LogP contribution in [-0.4, -0.2) is 42.8 Å². The lowest BCUT2D eigenvalue weighted by Crippen LogP contribution is -2.50. The SMILES string of the molecule is Cc1cc(F)cc(N2CCN(C(=O)OC(C)(C)C)CC2)c1. The summed E-state index contributed by atoms with van der Waals surface area (Å²) in [7, 11) is 0. The molecule has 1 aromatic carbocycles. The maximum atomic E-state index is 13.5. The first-order chi connectivity index (χ1) is 9.74. The Kier molecular flexibility index (Phi) is 4.40. The molecule has 5 heteroatoms. The molecule has 0 aromatic heterocycles. The van der Waals surface area contributed by atoms with Crippen molar-refractivity contribution in [3.63, 3.8) is 0 Å². The first-order valence-corrected chi connectivity index (χ1v) is 7.25. The third kappa shape index (κ3) is 4.34. The molecule has 1 amide bonds. The Balaban J connectivity index is 1.95. The van der Waals surface area contributed by atoms with Crippen LogP contribution in [0.5, 0.6) is 0 Å². The molecule has 0 N–H and O–H groups in total. The Bertz CT molecular complexity index is 497. The standard InChI is InChI=1S/C16H23FN2O2/c1-12-9-13(17)11-14(10-12)18-5-7-19(8-6-18)15(20)21-16(2,3)4/h9-11H,5-8H2,1-4H3. The predicted octanol–water partition coefficient (Wildman–Crippen LogP) is 3.19. The molecule has 2 rings (SSSR count). The maximum Gasteiger partial charge on any atom is 0.410 e. The summed E-state index contributed by atoms with van der Waals surface area (Å²) in [6, 6.07) is 5.02. The van der Waals surface area contributed by atoms with Crippen LogP contribution in [0.25, 0.3) is 0 Å². The van der Waals surface area contributed by atoms with E-state index in [1.54, 1.807) is 4.90 Å². The Hall–Kier alpha value is -1.78. The lowest BCUT2D eigenvalue weighted by Gasteiger charge is -2.36. The number of nitrogens with zero attached hydrogens (tertiary/aromatic N) is 2. The van der Waals surface area contributed by atoms with Crippen molar-refractivity contribution in [3.05, 3.63) is 29.6 Å². The highest BCUT2D eigenvalue weighted by Gasteiger charge is 2.26. The molecule has 1 saturated heterocycles. The van der Waals surface area contributed by atoms with Gasteiger partial charge in [0, 0.05) is 31.9 Å². The van der Waals surface area contributed by atoms with Gasteiger partial charge in [0.05, 0.1) is 0 Å². The van der Waals surface area contributed by atoms with Crippen LogP contribution >= 0.6 is 0 Å². The number of piperazine rings is 1. The Morgan fingerprint density at radius 1 is 1.14 bits per heavy atom. The number of benzene rings is 1. The van der Waals surface area contributed by atoms with E-state index >= 15 is 0 Å². The number of hydrogen-bond acceptors (Lipinski definition) is 3. The van der Waals surface area contributed by atoms with Gasteiger partial charge in [0.25, 0.3) is 0 Å². The van der Waals surface area contributed by atoms with Gasteiger partial charge in [-0.1, -0.05) is 0 Å². The third-order valence-corrected chi connectivity index (χ3v) is 3.32. The summed E-state index contributed by atoms with van der Waals surface area (Å²) < 4.78 is 18.8. The number of carbonyl (C=O) groups is 1. The van der Waals surface area contributed by atoms with Gasteiger partial charge in [-0.25, -0.2) is 9.18 Å². The van der Waals surface area contributed by atoms with Crippen molar-refractivity contribution in [1.29, 1.82) is 0 Å². The van der Waals surface area contributed by atoms with E-state index in [0.717, 1.165) is 11.3 Å². The molecule has 0 radical (unpaired) electrons. The Labute approximate surface area is 125 Å². The van der Waals surface area contributed by atoms with Gasteiger partial charge in [-0.05, 0) is 51.5 Å². The molecule has 1 aliphatic heterocycles. The molecule has 0 atom stereocenters. The molecule has 4 nitrogen and oxygen atoms in total. The van der Waals surface area contributed by atoms with E-state index < -0.39 is 5.60 Å². The summed E-state index contributed by atoms with van der Waals surface area (Å²) >= 11 is 0.